The number of carbonyl (C=O) groups is 1. The fourth-order valence-electron chi connectivity index (χ4n) is 2.59. The Hall–Kier alpha value is -3.06. The maximum absolute atomic E-state index is 12.2. The summed E-state index contributed by atoms with van der Waals surface area (Å²) in [7, 11) is 0. The summed E-state index contributed by atoms with van der Waals surface area (Å²) in [6.45, 7) is 4.30. The molecule has 138 valence electrons. The third kappa shape index (κ3) is 4.77. The minimum absolute atomic E-state index is 0.00667. The second-order valence-electron chi connectivity index (χ2n) is 6.46. The molecule has 1 N–H and O–H groups in total. The second-order valence-corrected chi connectivity index (χ2v) is 7.32. The standard InChI is InChI=1S/C20H19N3O3S/c1-13(2)15-5-7-16(8-6-15)18-12-27-20(21-18)22-19(24)11-14-3-9-17(10-4-14)23(25)26/h3-10,12-13H,11H2,1-2H3,(H,21,22,24). The van der Waals surface area contributed by atoms with Crippen LogP contribution in [0.5, 0.6) is 0 Å². The van der Waals surface area contributed by atoms with Crippen LogP contribution in [0.1, 0.15) is 30.9 Å². The number of aromatic nitrogens is 1. The summed E-state index contributed by atoms with van der Waals surface area (Å²) in [5, 5.41) is 15.9. The van der Waals surface area contributed by atoms with Crippen molar-refractivity contribution in [3.05, 3.63) is 75.2 Å². The van der Waals surface area contributed by atoms with Crippen LogP contribution < -0.4 is 5.32 Å². The number of anilines is 1. The summed E-state index contributed by atoms with van der Waals surface area (Å²) in [4.78, 5) is 26.9. The van der Waals surface area contributed by atoms with Gasteiger partial charge in [0.25, 0.3) is 5.69 Å². The minimum Gasteiger partial charge on any atom is -0.302 e. The molecule has 0 fully saturated rings. The molecule has 0 spiro atoms. The molecule has 2 aromatic carbocycles. The predicted molar refractivity (Wildman–Crippen MR) is 107 cm³/mol. The molecule has 0 radical (unpaired) electrons. The SMILES string of the molecule is CC(C)c1ccc(-c2csc(NC(=O)Cc3ccc([N+](=O)[O-])cc3)n2)cc1. The van der Waals surface area contributed by atoms with E-state index in [0.717, 1.165) is 11.3 Å². The van der Waals surface area contributed by atoms with Crippen molar-refractivity contribution in [2.24, 2.45) is 0 Å². The molecule has 0 aliphatic carbocycles. The molecule has 1 heterocycles. The van der Waals surface area contributed by atoms with Gasteiger partial charge in [0, 0.05) is 23.1 Å². The Morgan fingerprint density at radius 1 is 1.15 bits per heavy atom. The smallest absolute Gasteiger partial charge is 0.269 e. The van der Waals surface area contributed by atoms with E-state index >= 15 is 0 Å². The Morgan fingerprint density at radius 2 is 1.81 bits per heavy atom. The molecule has 3 aromatic rings. The number of nitrogens with one attached hydrogen (secondary N) is 1. The number of benzene rings is 2. The Morgan fingerprint density at radius 3 is 2.41 bits per heavy atom. The molecule has 0 aliphatic rings. The summed E-state index contributed by atoms with van der Waals surface area (Å²) < 4.78 is 0. The Bertz CT molecular complexity index is 947. The fraction of sp³-hybridized carbons (Fsp3) is 0.200. The van der Waals surface area contributed by atoms with Gasteiger partial charge in [0.1, 0.15) is 0 Å². The van der Waals surface area contributed by atoms with Gasteiger partial charge in [-0.3, -0.25) is 14.9 Å². The van der Waals surface area contributed by atoms with Gasteiger partial charge in [0.05, 0.1) is 17.0 Å². The summed E-state index contributed by atoms with van der Waals surface area (Å²) >= 11 is 1.37. The van der Waals surface area contributed by atoms with Crippen LogP contribution in [-0.2, 0) is 11.2 Å². The van der Waals surface area contributed by atoms with Crippen LogP contribution in [0.15, 0.2) is 53.9 Å². The van der Waals surface area contributed by atoms with Crippen LogP contribution in [0.2, 0.25) is 0 Å². The topological polar surface area (TPSA) is 85.1 Å². The normalized spacial score (nSPS) is 10.8. The number of amides is 1. The van der Waals surface area contributed by atoms with Gasteiger partial charge in [-0.1, -0.05) is 50.2 Å². The zero-order valence-corrected chi connectivity index (χ0v) is 15.8. The van der Waals surface area contributed by atoms with Gasteiger partial charge < -0.3 is 5.32 Å². The fourth-order valence-corrected chi connectivity index (χ4v) is 3.32. The first-order valence-corrected chi connectivity index (χ1v) is 9.39. The maximum Gasteiger partial charge on any atom is 0.269 e. The molecule has 0 aliphatic heterocycles. The molecule has 1 amide bonds. The Kier molecular flexibility index (Phi) is 5.61. The van der Waals surface area contributed by atoms with E-state index in [4.69, 9.17) is 0 Å². The summed E-state index contributed by atoms with van der Waals surface area (Å²) in [5.41, 5.74) is 3.81. The molecule has 1 aromatic heterocycles. The molecule has 7 heteroatoms. The van der Waals surface area contributed by atoms with Gasteiger partial charge in [0.15, 0.2) is 5.13 Å². The molecule has 0 unspecified atom stereocenters. The number of rotatable bonds is 6. The highest BCUT2D eigenvalue weighted by molar-refractivity contribution is 7.14. The lowest BCUT2D eigenvalue weighted by molar-refractivity contribution is -0.384. The van der Waals surface area contributed by atoms with E-state index in [2.05, 4.69) is 36.3 Å². The third-order valence-electron chi connectivity index (χ3n) is 4.14. The van der Waals surface area contributed by atoms with Gasteiger partial charge in [0.2, 0.25) is 5.91 Å². The first kappa shape index (κ1) is 18.7. The molecule has 0 atom stereocenters. The summed E-state index contributed by atoms with van der Waals surface area (Å²) in [6, 6.07) is 14.2. The molecular weight excluding hydrogens is 362 g/mol. The lowest BCUT2D eigenvalue weighted by Crippen LogP contribution is -2.14. The van der Waals surface area contributed by atoms with E-state index < -0.39 is 4.92 Å². The van der Waals surface area contributed by atoms with Crippen molar-refractivity contribution in [1.82, 2.24) is 4.98 Å². The third-order valence-corrected chi connectivity index (χ3v) is 4.89. The van der Waals surface area contributed by atoms with Crippen LogP contribution >= 0.6 is 11.3 Å². The molecular formula is C20H19N3O3S. The van der Waals surface area contributed by atoms with Crippen molar-refractivity contribution in [3.63, 3.8) is 0 Å². The average Bonchev–Trinajstić information content (AvgIpc) is 3.10. The first-order valence-electron chi connectivity index (χ1n) is 8.51. The number of nitrogens with zero attached hydrogens (tertiary/aromatic N) is 2. The molecule has 27 heavy (non-hydrogen) atoms. The number of carbonyl (C=O) groups excluding carboxylic acids is 1. The quantitative estimate of drug-likeness (QED) is 0.480. The van der Waals surface area contributed by atoms with Crippen molar-refractivity contribution in [2.75, 3.05) is 5.32 Å². The number of nitro groups is 1. The van der Waals surface area contributed by atoms with E-state index in [0.29, 0.717) is 16.6 Å². The van der Waals surface area contributed by atoms with Gasteiger partial charge in [-0.2, -0.15) is 0 Å². The summed E-state index contributed by atoms with van der Waals surface area (Å²) in [5.74, 6) is 0.267. The minimum atomic E-state index is -0.464. The predicted octanol–water partition coefficient (Wildman–Crippen LogP) is 5.02. The lowest BCUT2D eigenvalue weighted by Gasteiger charge is -2.05. The Balaban J connectivity index is 1.63. The maximum atomic E-state index is 12.2. The van der Waals surface area contributed by atoms with E-state index in [1.54, 1.807) is 12.1 Å². The molecule has 3 rings (SSSR count). The number of hydrogen-bond donors (Lipinski definition) is 1. The van der Waals surface area contributed by atoms with Gasteiger partial charge in [-0.05, 0) is 17.0 Å². The molecule has 0 bridgehead atoms. The summed E-state index contributed by atoms with van der Waals surface area (Å²) in [6.07, 6.45) is 0.135. The van der Waals surface area contributed by atoms with E-state index in [1.165, 1.54) is 29.0 Å². The Labute approximate surface area is 161 Å². The van der Waals surface area contributed by atoms with Crippen LogP contribution in [0, 0.1) is 10.1 Å². The second kappa shape index (κ2) is 8.09. The van der Waals surface area contributed by atoms with Crippen molar-refractivity contribution in [1.29, 1.82) is 0 Å². The van der Waals surface area contributed by atoms with Crippen molar-refractivity contribution < 1.29 is 9.72 Å². The average molecular weight is 381 g/mol. The van der Waals surface area contributed by atoms with Crippen LogP contribution in [0.25, 0.3) is 11.3 Å². The van der Waals surface area contributed by atoms with Crippen LogP contribution in [0.4, 0.5) is 10.8 Å². The number of hydrogen-bond acceptors (Lipinski definition) is 5. The number of non-ortho nitro benzene ring substituents is 1. The highest BCUT2D eigenvalue weighted by Crippen LogP contribution is 2.26. The monoisotopic (exact) mass is 381 g/mol. The van der Waals surface area contributed by atoms with Gasteiger partial charge in [-0.15, -0.1) is 11.3 Å². The lowest BCUT2D eigenvalue weighted by atomic mass is 10.0. The van der Waals surface area contributed by atoms with E-state index in [9.17, 15) is 14.9 Å². The van der Waals surface area contributed by atoms with Crippen LogP contribution in [-0.4, -0.2) is 15.8 Å². The van der Waals surface area contributed by atoms with Crippen molar-refractivity contribution in [2.45, 2.75) is 26.2 Å². The van der Waals surface area contributed by atoms with Crippen molar-refractivity contribution >= 4 is 28.1 Å². The number of thiazole rings is 1. The molecule has 6 nitrogen and oxygen atoms in total. The van der Waals surface area contributed by atoms with Crippen molar-refractivity contribution in [3.8, 4) is 11.3 Å². The van der Waals surface area contributed by atoms with E-state index in [1.807, 2.05) is 17.5 Å². The first-order chi connectivity index (χ1) is 12.9. The number of nitro benzene ring substituents is 1. The van der Waals surface area contributed by atoms with E-state index in [-0.39, 0.29) is 18.0 Å². The highest BCUT2D eigenvalue weighted by atomic mass is 32.1. The zero-order valence-electron chi connectivity index (χ0n) is 15.0. The highest BCUT2D eigenvalue weighted by Gasteiger charge is 2.11. The largest absolute Gasteiger partial charge is 0.302 e. The van der Waals surface area contributed by atoms with Gasteiger partial charge >= 0.3 is 0 Å². The molecule has 0 saturated carbocycles. The molecule has 0 saturated heterocycles. The van der Waals surface area contributed by atoms with Crippen LogP contribution in [0.3, 0.4) is 0 Å². The zero-order chi connectivity index (χ0) is 19.4. The van der Waals surface area contributed by atoms with Gasteiger partial charge in [-0.25, -0.2) is 4.98 Å².